The molecule has 0 spiro atoms. The molecule has 0 aliphatic carbocycles. The molecule has 2 aromatic rings. The Labute approximate surface area is 170 Å². The van der Waals surface area contributed by atoms with Crippen molar-refractivity contribution in [2.75, 3.05) is 38.1 Å². The lowest BCUT2D eigenvalue weighted by Gasteiger charge is -2.37. The number of amides is 2. The lowest BCUT2D eigenvalue weighted by atomic mass is 10.1. The van der Waals surface area contributed by atoms with Crippen molar-refractivity contribution in [1.29, 1.82) is 5.26 Å². The molecule has 146 valence electrons. The molecule has 1 heterocycles. The molecule has 1 atom stereocenters. The van der Waals surface area contributed by atoms with Crippen LogP contribution in [0.3, 0.4) is 0 Å². The molecule has 3 rings (SSSR count). The standard InChI is InChI=1S/C21H23ClN4O2/c1-2-28-19-8-6-16(7-9-19)20(15-23)25-10-12-26(13-11-25)21(27)24-18-5-3-4-17(22)14-18/h3-9,14,20H,2,10-13H2,1H3,(H,24,27). The zero-order chi connectivity index (χ0) is 19.9. The Balaban J connectivity index is 1.57. The molecular formula is C21H23ClN4O2. The van der Waals surface area contributed by atoms with Gasteiger partial charge in [-0.2, -0.15) is 5.26 Å². The number of anilines is 1. The number of ether oxygens (including phenoxy) is 1. The molecule has 0 radical (unpaired) electrons. The fraction of sp³-hybridized carbons (Fsp3) is 0.333. The first-order valence-electron chi connectivity index (χ1n) is 9.28. The quantitative estimate of drug-likeness (QED) is 0.821. The normalized spacial score (nSPS) is 15.5. The number of rotatable bonds is 5. The van der Waals surface area contributed by atoms with Crippen molar-refractivity contribution in [3.8, 4) is 11.8 Å². The summed E-state index contributed by atoms with van der Waals surface area (Å²) in [4.78, 5) is 16.3. The van der Waals surface area contributed by atoms with Crippen LogP contribution < -0.4 is 10.1 Å². The first-order chi connectivity index (χ1) is 13.6. The van der Waals surface area contributed by atoms with Gasteiger partial charge in [0.15, 0.2) is 0 Å². The lowest BCUT2D eigenvalue weighted by molar-refractivity contribution is 0.131. The van der Waals surface area contributed by atoms with Crippen molar-refractivity contribution < 1.29 is 9.53 Å². The van der Waals surface area contributed by atoms with Crippen LogP contribution in [-0.4, -0.2) is 48.6 Å². The second-order valence-electron chi connectivity index (χ2n) is 6.50. The van der Waals surface area contributed by atoms with Gasteiger partial charge in [-0.1, -0.05) is 29.8 Å². The van der Waals surface area contributed by atoms with Gasteiger partial charge in [-0.3, -0.25) is 4.90 Å². The molecule has 1 fully saturated rings. The monoisotopic (exact) mass is 398 g/mol. The molecule has 1 N–H and O–H groups in total. The van der Waals surface area contributed by atoms with Crippen molar-refractivity contribution in [1.82, 2.24) is 9.80 Å². The Morgan fingerprint density at radius 1 is 1.21 bits per heavy atom. The molecule has 1 unspecified atom stereocenters. The van der Waals surface area contributed by atoms with Gasteiger partial charge in [0.25, 0.3) is 0 Å². The van der Waals surface area contributed by atoms with Crippen LogP contribution in [0.15, 0.2) is 48.5 Å². The van der Waals surface area contributed by atoms with E-state index in [4.69, 9.17) is 16.3 Å². The number of urea groups is 1. The summed E-state index contributed by atoms with van der Waals surface area (Å²) in [5, 5.41) is 13.1. The summed E-state index contributed by atoms with van der Waals surface area (Å²) in [6.07, 6.45) is 0. The molecule has 28 heavy (non-hydrogen) atoms. The van der Waals surface area contributed by atoms with Crippen LogP contribution in [0.1, 0.15) is 18.5 Å². The van der Waals surface area contributed by atoms with E-state index in [2.05, 4.69) is 16.3 Å². The molecule has 0 saturated carbocycles. The van der Waals surface area contributed by atoms with Crippen LogP contribution in [0.2, 0.25) is 5.02 Å². The van der Waals surface area contributed by atoms with Gasteiger partial charge in [0, 0.05) is 36.9 Å². The van der Waals surface area contributed by atoms with Crippen LogP contribution in [0.4, 0.5) is 10.5 Å². The van der Waals surface area contributed by atoms with E-state index < -0.39 is 0 Å². The zero-order valence-corrected chi connectivity index (χ0v) is 16.5. The first-order valence-corrected chi connectivity index (χ1v) is 9.66. The fourth-order valence-electron chi connectivity index (χ4n) is 3.23. The number of carbonyl (C=O) groups is 1. The molecule has 7 heteroatoms. The Hall–Kier alpha value is -2.75. The van der Waals surface area contributed by atoms with E-state index in [1.165, 1.54) is 0 Å². The summed E-state index contributed by atoms with van der Waals surface area (Å²) < 4.78 is 5.46. The molecule has 1 aliphatic rings. The highest BCUT2D eigenvalue weighted by molar-refractivity contribution is 6.30. The third-order valence-corrected chi connectivity index (χ3v) is 4.91. The average Bonchev–Trinajstić information content (AvgIpc) is 2.70. The van der Waals surface area contributed by atoms with Crippen LogP contribution in [0.25, 0.3) is 0 Å². The van der Waals surface area contributed by atoms with E-state index in [9.17, 15) is 10.1 Å². The minimum absolute atomic E-state index is 0.156. The van der Waals surface area contributed by atoms with Gasteiger partial charge in [0.2, 0.25) is 0 Å². The number of nitrogens with zero attached hydrogens (tertiary/aromatic N) is 3. The minimum Gasteiger partial charge on any atom is -0.494 e. The Bertz CT molecular complexity index is 842. The van der Waals surface area contributed by atoms with Crippen molar-refractivity contribution in [3.63, 3.8) is 0 Å². The van der Waals surface area contributed by atoms with Crippen LogP contribution >= 0.6 is 11.6 Å². The minimum atomic E-state index is -0.339. The number of hydrogen-bond donors (Lipinski definition) is 1. The second kappa shape index (κ2) is 9.45. The van der Waals surface area contributed by atoms with Gasteiger partial charge in [0.1, 0.15) is 11.8 Å². The van der Waals surface area contributed by atoms with Crippen LogP contribution in [0.5, 0.6) is 5.75 Å². The van der Waals surface area contributed by atoms with Crippen molar-refractivity contribution in [2.45, 2.75) is 13.0 Å². The van der Waals surface area contributed by atoms with Gasteiger partial charge >= 0.3 is 6.03 Å². The number of piperazine rings is 1. The summed E-state index contributed by atoms with van der Waals surface area (Å²) >= 11 is 5.96. The third-order valence-electron chi connectivity index (χ3n) is 4.67. The lowest BCUT2D eigenvalue weighted by Crippen LogP contribution is -2.50. The van der Waals surface area contributed by atoms with Gasteiger partial charge < -0.3 is 15.0 Å². The van der Waals surface area contributed by atoms with E-state index >= 15 is 0 Å². The van der Waals surface area contributed by atoms with E-state index in [1.807, 2.05) is 31.2 Å². The maximum atomic E-state index is 12.5. The van der Waals surface area contributed by atoms with E-state index in [0.29, 0.717) is 43.5 Å². The summed E-state index contributed by atoms with van der Waals surface area (Å²) in [5.74, 6) is 0.797. The predicted octanol–water partition coefficient (Wildman–Crippen LogP) is 4.15. The average molecular weight is 399 g/mol. The number of halogens is 1. The highest BCUT2D eigenvalue weighted by Crippen LogP contribution is 2.24. The summed E-state index contributed by atoms with van der Waals surface area (Å²) in [7, 11) is 0. The van der Waals surface area contributed by atoms with E-state index in [1.54, 1.807) is 29.2 Å². The SMILES string of the molecule is CCOc1ccc(C(C#N)N2CCN(C(=O)Nc3cccc(Cl)c3)CC2)cc1. The van der Waals surface area contributed by atoms with Crippen molar-refractivity contribution in [3.05, 3.63) is 59.1 Å². The van der Waals surface area contributed by atoms with E-state index in [0.717, 1.165) is 11.3 Å². The topological polar surface area (TPSA) is 68.6 Å². The van der Waals surface area contributed by atoms with Gasteiger partial charge in [0.05, 0.1) is 12.7 Å². The van der Waals surface area contributed by atoms with E-state index in [-0.39, 0.29) is 12.1 Å². The van der Waals surface area contributed by atoms with Crippen molar-refractivity contribution >= 4 is 23.3 Å². The number of benzene rings is 2. The second-order valence-corrected chi connectivity index (χ2v) is 6.93. The van der Waals surface area contributed by atoms with Crippen molar-refractivity contribution in [2.24, 2.45) is 0 Å². The third kappa shape index (κ3) is 4.94. The number of nitriles is 1. The number of nitrogens with one attached hydrogen (secondary N) is 1. The number of hydrogen-bond acceptors (Lipinski definition) is 4. The van der Waals surface area contributed by atoms with Gasteiger partial charge in [-0.05, 0) is 42.8 Å². The largest absolute Gasteiger partial charge is 0.494 e. The van der Waals surface area contributed by atoms with Gasteiger partial charge in [-0.25, -0.2) is 4.79 Å². The fourth-order valence-corrected chi connectivity index (χ4v) is 3.42. The van der Waals surface area contributed by atoms with Gasteiger partial charge in [-0.15, -0.1) is 0 Å². The predicted molar refractivity (Wildman–Crippen MR) is 110 cm³/mol. The highest BCUT2D eigenvalue weighted by atomic mass is 35.5. The summed E-state index contributed by atoms with van der Waals surface area (Å²) in [5.41, 5.74) is 1.60. The molecule has 2 aromatic carbocycles. The molecule has 2 amide bonds. The highest BCUT2D eigenvalue weighted by Gasteiger charge is 2.27. The first kappa shape index (κ1) is 20.0. The van der Waals surface area contributed by atoms with Crippen LogP contribution in [-0.2, 0) is 0 Å². The Morgan fingerprint density at radius 3 is 2.54 bits per heavy atom. The molecule has 0 aromatic heterocycles. The molecule has 1 saturated heterocycles. The summed E-state index contributed by atoms with van der Waals surface area (Å²) in [6.45, 7) is 4.93. The molecule has 6 nitrogen and oxygen atoms in total. The zero-order valence-electron chi connectivity index (χ0n) is 15.8. The Morgan fingerprint density at radius 2 is 1.93 bits per heavy atom. The maximum absolute atomic E-state index is 12.5. The molecule has 0 bridgehead atoms. The maximum Gasteiger partial charge on any atom is 0.321 e. The molecule has 1 aliphatic heterocycles. The van der Waals surface area contributed by atoms with Crippen LogP contribution in [0, 0.1) is 11.3 Å². The molecular weight excluding hydrogens is 376 g/mol. The summed E-state index contributed by atoms with van der Waals surface area (Å²) in [6, 6.07) is 16.6. The smallest absolute Gasteiger partial charge is 0.321 e. The number of carbonyl (C=O) groups excluding carboxylic acids is 1. The Kier molecular flexibility index (Phi) is 6.75.